The molecule has 0 bridgehead atoms. The summed E-state index contributed by atoms with van der Waals surface area (Å²) in [4.78, 5) is 27.5. The van der Waals surface area contributed by atoms with Crippen LogP contribution in [0.2, 0.25) is 0 Å². The fraction of sp³-hybridized carbons (Fsp3) is 0.185. The lowest BCUT2D eigenvalue weighted by Crippen LogP contribution is -2.44. The predicted octanol–water partition coefficient (Wildman–Crippen LogP) is 4.59. The molecule has 0 fully saturated rings. The van der Waals surface area contributed by atoms with Crippen LogP contribution in [0.1, 0.15) is 11.1 Å². The van der Waals surface area contributed by atoms with E-state index in [4.69, 9.17) is 14.2 Å². The number of nitrogens with one attached hydrogen (secondary N) is 1. The molecule has 0 saturated carbocycles. The van der Waals surface area contributed by atoms with E-state index in [9.17, 15) is 9.59 Å². The van der Waals surface area contributed by atoms with Crippen LogP contribution in [0, 0.1) is 0 Å². The first-order valence-corrected chi connectivity index (χ1v) is 11.8. The SMILES string of the molecule is COc1ccc(CCNC(=O)CN2C(=O)/C(=C\c3cccc(Br)c3)Oc3ccccc32)cc1OC. The van der Waals surface area contributed by atoms with Gasteiger partial charge in [-0.05, 0) is 60.0 Å². The average Bonchev–Trinajstić information content (AvgIpc) is 2.86. The smallest absolute Gasteiger partial charge is 0.294 e. The fourth-order valence-electron chi connectivity index (χ4n) is 3.75. The second kappa shape index (κ2) is 11.1. The van der Waals surface area contributed by atoms with Gasteiger partial charge in [0.1, 0.15) is 6.54 Å². The van der Waals surface area contributed by atoms with Gasteiger partial charge in [0.15, 0.2) is 23.0 Å². The van der Waals surface area contributed by atoms with Crippen molar-refractivity contribution in [3.8, 4) is 17.2 Å². The van der Waals surface area contributed by atoms with Gasteiger partial charge in [-0.15, -0.1) is 0 Å². The maximum atomic E-state index is 13.3. The Morgan fingerprint density at radius 1 is 1.03 bits per heavy atom. The number of fused-ring (bicyclic) bond motifs is 1. The first-order valence-electron chi connectivity index (χ1n) is 11.0. The lowest BCUT2D eigenvalue weighted by Gasteiger charge is -2.30. The molecule has 1 aliphatic rings. The lowest BCUT2D eigenvalue weighted by molar-refractivity contribution is -0.123. The second-order valence-electron chi connectivity index (χ2n) is 7.81. The van der Waals surface area contributed by atoms with Crippen molar-refractivity contribution in [2.45, 2.75) is 6.42 Å². The molecular weight excluding hydrogens is 512 g/mol. The van der Waals surface area contributed by atoms with E-state index in [-0.39, 0.29) is 24.1 Å². The van der Waals surface area contributed by atoms with Crippen LogP contribution in [0.25, 0.3) is 6.08 Å². The van der Waals surface area contributed by atoms with Crippen molar-refractivity contribution in [1.82, 2.24) is 5.32 Å². The van der Waals surface area contributed by atoms with Crippen molar-refractivity contribution in [2.24, 2.45) is 0 Å². The van der Waals surface area contributed by atoms with E-state index in [0.717, 1.165) is 15.6 Å². The number of nitrogens with zero attached hydrogens (tertiary/aromatic N) is 1. The van der Waals surface area contributed by atoms with E-state index in [2.05, 4.69) is 21.2 Å². The molecule has 35 heavy (non-hydrogen) atoms. The third-order valence-electron chi connectivity index (χ3n) is 5.46. The van der Waals surface area contributed by atoms with E-state index in [1.807, 2.05) is 48.5 Å². The maximum absolute atomic E-state index is 13.3. The number of halogens is 1. The summed E-state index contributed by atoms with van der Waals surface area (Å²) in [5, 5.41) is 2.90. The summed E-state index contributed by atoms with van der Waals surface area (Å²) in [6.45, 7) is 0.288. The molecule has 180 valence electrons. The number of carbonyl (C=O) groups excluding carboxylic acids is 2. The summed E-state index contributed by atoms with van der Waals surface area (Å²) in [5.41, 5.74) is 2.36. The van der Waals surface area contributed by atoms with Crippen LogP contribution < -0.4 is 24.4 Å². The molecule has 1 heterocycles. The van der Waals surface area contributed by atoms with Gasteiger partial charge in [0.2, 0.25) is 5.91 Å². The Bertz CT molecular complexity index is 1270. The molecule has 0 saturated heterocycles. The molecule has 0 aromatic heterocycles. The highest BCUT2D eigenvalue weighted by atomic mass is 79.9. The molecule has 0 aliphatic carbocycles. The monoisotopic (exact) mass is 536 g/mol. The molecule has 7 nitrogen and oxygen atoms in total. The van der Waals surface area contributed by atoms with Gasteiger partial charge in [-0.25, -0.2) is 0 Å². The predicted molar refractivity (Wildman–Crippen MR) is 138 cm³/mol. The minimum absolute atomic E-state index is 0.124. The third kappa shape index (κ3) is 5.84. The zero-order chi connectivity index (χ0) is 24.8. The Morgan fingerprint density at radius 2 is 1.83 bits per heavy atom. The third-order valence-corrected chi connectivity index (χ3v) is 5.96. The average molecular weight is 537 g/mol. The first-order chi connectivity index (χ1) is 17.0. The number of amides is 2. The molecule has 0 atom stereocenters. The molecule has 8 heteroatoms. The molecule has 1 aliphatic heterocycles. The summed E-state index contributed by atoms with van der Waals surface area (Å²) in [5.74, 6) is 1.32. The van der Waals surface area contributed by atoms with Crippen molar-refractivity contribution >= 4 is 39.5 Å². The van der Waals surface area contributed by atoms with Crippen LogP contribution in [0.15, 0.2) is 77.0 Å². The summed E-state index contributed by atoms with van der Waals surface area (Å²) < 4.78 is 17.4. The van der Waals surface area contributed by atoms with Gasteiger partial charge < -0.3 is 19.5 Å². The van der Waals surface area contributed by atoms with E-state index < -0.39 is 0 Å². The van der Waals surface area contributed by atoms with Crippen molar-refractivity contribution < 1.29 is 23.8 Å². The number of methoxy groups -OCH3 is 2. The Kier molecular flexibility index (Phi) is 7.72. The van der Waals surface area contributed by atoms with Crippen molar-refractivity contribution in [2.75, 3.05) is 32.2 Å². The topological polar surface area (TPSA) is 77.1 Å². The van der Waals surface area contributed by atoms with Gasteiger partial charge in [-0.3, -0.25) is 14.5 Å². The summed E-state index contributed by atoms with van der Waals surface area (Å²) >= 11 is 3.44. The van der Waals surface area contributed by atoms with E-state index in [0.29, 0.717) is 35.9 Å². The second-order valence-corrected chi connectivity index (χ2v) is 8.73. The molecule has 2 amide bonds. The van der Waals surface area contributed by atoms with Crippen molar-refractivity contribution in [3.05, 3.63) is 88.1 Å². The van der Waals surface area contributed by atoms with Gasteiger partial charge in [0, 0.05) is 11.0 Å². The quantitative estimate of drug-likeness (QED) is 0.426. The Balaban J connectivity index is 1.45. The Hall–Kier alpha value is -3.78. The zero-order valence-corrected chi connectivity index (χ0v) is 21.0. The van der Waals surface area contributed by atoms with Gasteiger partial charge in [0.05, 0.1) is 19.9 Å². The highest BCUT2D eigenvalue weighted by Gasteiger charge is 2.31. The normalized spacial score (nSPS) is 13.7. The van der Waals surface area contributed by atoms with E-state index in [1.165, 1.54) is 4.90 Å². The minimum Gasteiger partial charge on any atom is -0.493 e. The minimum atomic E-state index is -0.376. The zero-order valence-electron chi connectivity index (χ0n) is 19.4. The first kappa shape index (κ1) is 24.3. The largest absolute Gasteiger partial charge is 0.493 e. The van der Waals surface area contributed by atoms with Crippen LogP contribution >= 0.6 is 15.9 Å². The molecule has 0 radical (unpaired) electrons. The highest BCUT2D eigenvalue weighted by Crippen LogP contribution is 2.35. The van der Waals surface area contributed by atoms with Crippen LogP contribution in [-0.2, 0) is 16.0 Å². The molecule has 0 unspecified atom stereocenters. The van der Waals surface area contributed by atoms with Crippen LogP contribution in [0.4, 0.5) is 5.69 Å². The number of hydrogen-bond acceptors (Lipinski definition) is 5. The van der Waals surface area contributed by atoms with E-state index in [1.54, 1.807) is 38.5 Å². The standard InChI is InChI=1S/C27H25BrN2O5/c1-33-23-11-10-18(15-24(23)34-2)12-13-29-26(31)17-30-21-8-3-4-9-22(21)35-25(27(30)32)16-19-6-5-7-20(28)14-19/h3-11,14-16H,12-13,17H2,1-2H3,(H,29,31)/b25-16+. The van der Waals surface area contributed by atoms with Crippen molar-refractivity contribution in [3.63, 3.8) is 0 Å². The number of rotatable bonds is 8. The molecule has 0 spiro atoms. The number of benzene rings is 3. The molecule has 3 aromatic carbocycles. The van der Waals surface area contributed by atoms with Crippen LogP contribution in [0.3, 0.4) is 0 Å². The van der Waals surface area contributed by atoms with Crippen LogP contribution in [-0.4, -0.2) is 39.1 Å². The number of anilines is 1. The molecular formula is C27H25BrN2O5. The van der Waals surface area contributed by atoms with Gasteiger partial charge >= 0.3 is 0 Å². The Labute approximate surface area is 212 Å². The molecule has 3 aromatic rings. The number of carbonyl (C=O) groups is 2. The maximum Gasteiger partial charge on any atom is 0.294 e. The highest BCUT2D eigenvalue weighted by molar-refractivity contribution is 9.10. The fourth-order valence-corrected chi connectivity index (χ4v) is 4.17. The lowest BCUT2D eigenvalue weighted by atomic mass is 10.1. The van der Waals surface area contributed by atoms with E-state index >= 15 is 0 Å². The number of ether oxygens (including phenoxy) is 3. The summed E-state index contributed by atoms with van der Waals surface area (Å²) in [7, 11) is 3.17. The van der Waals surface area contributed by atoms with Crippen molar-refractivity contribution in [1.29, 1.82) is 0 Å². The number of para-hydroxylation sites is 2. The Morgan fingerprint density at radius 3 is 2.60 bits per heavy atom. The van der Waals surface area contributed by atoms with Gasteiger partial charge in [-0.2, -0.15) is 0 Å². The van der Waals surface area contributed by atoms with Gasteiger partial charge in [-0.1, -0.05) is 46.3 Å². The molecule has 4 rings (SSSR count). The summed E-state index contributed by atoms with van der Waals surface area (Å²) in [6, 6.07) is 20.3. The van der Waals surface area contributed by atoms with Crippen LogP contribution in [0.5, 0.6) is 17.2 Å². The van der Waals surface area contributed by atoms with Gasteiger partial charge in [0.25, 0.3) is 5.91 Å². The number of hydrogen-bond donors (Lipinski definition) is 1. The molecule has 1 N–H and O–H groups in total. The summed E-state index contributed by atoms with van der Waals surface area (Å²) in [6.07, 6.45) is 2.28.